The third kappa shape index (κ3) is 12.2. The Labute approximate surface area is 360 Å². The third-order valence-electron chi connectivity index (χ3n) is 10.1. The van der Waals surface area contributed by atoms with Gasteiger partial charge in [-0.05, 0) is 61.1 Å². The van der Waals surface area contributed by atoms with Gasteiger partial charge in [0.2, 0.25) is 11.8 Å². The van der Waals surface area contributed by atoms with E-state index in [2.05, 4.69) is 32.8 Å². The Hall–Kier alpha value is -7.65. The molecule has 4 heterocycles. The van der Waals surface area contributed by atoms with Crippen LogP contribution >= 0.6 is 0 Å². The quantitative estimate of drug-likeness (QED) is 0.0877. The van der Waals surface area contributed by atoms with Gasteiger partial charge >= 0.3 is 11.9 Å². The highest BCUT2D eigenvalue weighted by Gasteiger charge is 2.30. The van der Waals surface area contributed by atoms with Gasteiger partial charge in [0.25, 0.3) is 0 Å². The van der Waals surface area contributed by atoms with Crippen LogP contribution in [0.4, 0.5) is 0 Å². The summed E-state index contributed by atoms with van der Waals surface area (Å²) in [6, 6.07) is 39.6. The normalized spacial score (nSPS) is 14.1. The Morgan fingerprint density at radius 2 is 1.16 bits per heavy atom. The van der Waals surface area contributed by atoms with Crippen molar-refractivity contribution in [1.29, 1.82) is 10.5 Å². The summed E-state index contributed by atoms with van der Waals surface area (Å²) in [5, 5.41) is 42.8. The second-order valence-corrected chi connectivity index (χ2v) is 14.5. The summed E-state index contributed by atoms with van der Waals surface area (Å²) >= 11 is 0. The summed E-state index contributed by atoms with van der Waals surface area (Å²) in [7, 11) is 5.53. The number of nitrogens with zero attached hydrogens (tertiary/aromatic N) is 8. The monoisotopic (exact) mass is 835 g/mol. The van der Waals surface area contributed by atoms with Crippen LogP contribution in [0.2, 0.25) is 0 Å². The van der Waals surface area contributed by atoms with Crippen molar-refractivity contribution < 1.29 is 29.0 Å². The fourth-order valence-corrected chi connectivity index (χ4v) is 6.91. The number of hydrogen-bond donors (Lipinski definition) is 2. The minimum atomic E-state index is -0.899. The molecule has 15 nitrogen and oxygen atoms in total. The number of aromatic nitrogens is 6. The van der Waals surface area contributed by atoms with Crippen molar-refractivity contribution in [3.8, 4) is 45.9 Å². The number of benzene rings is 3. The van der Waals surface area contributed by atoms with Gasteiger partial charge in [-0.15, -0.1) is 0 Å². The van der Waals surface area contributed by atoms with E-state index in [-0.39, 0.29) is 43.0 Å². The van der Waals surface area contributed by atoms with Gasteiger partial charge in [-0.3, -0.25) is 38.5 Å². The lowest BCUT2D eigenvalue weighted by Crippen LogP contribution is -2.39. The lowest BCUT2D eigenvalue weighted by atomic mass is 9.94. The predicted octanol–water partition coefficient (Wildman–Crippen LogP) is 7.20. The van der Waals surface area contributed by atoms with Crippen LogP contribution in [0.25, 0.3) is 33.8 Å². The topological polar surface area (TPSA) is 211 Å². The Kier molecular flexibility index (Phi) is 16.2. The van der Waals surface area contributed by atoms with Crippen molar-refractivity contribution in [2.24, 2.45) is 21.1 Å². The van der Waals surface area contributed by atoms with Crippen molar-refractivity contribution in [2.75, 3.05) is 6.61 Å². The molecule has 0 saturated carbocycles. The second kappa shape index (κ2) is 22.1. The van der Waals surface area contributed by atoms with Gasteiger partial charge in [0.15, 0.2) is 0 Å². The first-order valence-corrected chi connectivity index (χ1v) is 20.2. The van der Waals surface area contributed by atoms with Crippen LogP contribution in [0.5, 0.6) is 0 Å². The molecule has 1 aliphatic heterocycles. The Bertz CT molecular complexity index is 2530. The van der Waals surface area contributed by atoms with Gasteiger partial charge in [0, 0.05) is 40.4 Å². The number of carboxylic acid groups (broad SMARTS) is 1. The number of imide groups is 1. The molecule has 2 amide bonds. The minimum absolute atomic E-state index is 0.0323. The molecule has 3 unspecified atom stereocenters. The Morgan fingerprint density at radius 3 is 1.58 bits per heavy atom. The average molecular weight is 836 g/mol. The second-order valence-electron chi connectivity index (χ2n) is 14.5. The van der Waals surface area contributed by atoms with Crippen LogP contribution in [0.3, 0.4) is 0 Å². The summed E-state index contributed by atoms with van der Waals surface area (Å²) < 4.78 is 10.2. The summed E-state index contributed by atoms with van der Waals surface area (Å²) in [6.45, 7) is 2.13. The van der Waals surface area contributed by atoms with Gasteiger partial charge in [0.1, 0.15) is 0 Å². The highest BCUT2D eigenvalue weighted by molar-refractivity contribution is 6.00. The van der Waals surface area contributed by atoms with Crippen LogP contribution < -0.4 is 5.32 Å². The van der Waals surface area contributed by atoms with Crippen LogP contribution in [0.1, 0.15) is 80.3 Å². The van der Waals surface area contributed by atoms with Crippen molar-refractivity contribution in [3.63, 3.8) is 0 Å². The van der Waals surface area contributed by atoms with Crippen molar-refractivity contribution >= 4 is 23.8 Å². The molecule has 0 aliphatic carbocycles. The van der Waals surface area contributed by atoms with E-state index >= 15 is 0 Å². The zero-order chi connectivity index (χ0) is 44.6. The Balaban J connectivity index is 0.000000176. The zero-order valence-corrected chi connectivity index (χ0v) is 35.1. The predicted molar refractivity (Wildman–Crippen MR) is 231 cm³/mol. The number of aryl methyl sites for hydroxylation is 3. The number of carbonyl (C=O) groups excluding carboxylic acids is 3. The molecule has 7 rings (SSSR count). The smallest absolute Gasteiger partial charge is 0.305 e. The van der Waals surface area contributed by atoms with E-state index in [9.17, 15) is 29.7 Å². The van der Waals surface area contributed by atoms with E-state index in [1.54, 1.807) is 21.0 Å². The molecule has 3 aromatic carbocycles. The molecule has 6 aromatic rings. The maximum Gasteiger partial charge on any atom is 0.305 e. The van der Waals surface area contributed by atoms with Crippen molar-refractivity contribution in [2.45, 2.75) is 63.2 Å². The van der Waals surface area contributed by atoms with Gasteiger partial charge < -0.3 is 9.84 Å². The Morgan fingerprint density at radius 1 is 0.726 bits per heavy atom. The third-order valence-corrected chi connectivity index (χ3v) is 10.1. The number of aliphatic carboxylic acids is 1. The van der Waals surface area contributed by atoms with E-state index in [4.69, 9.17) is 9.84 Å². The fraction of sp³-hybridized carbons (Fsp3) is 0.298. The number of esters is 1. The summed E-state index contributed by atoms with van der Waals surface area (Å²) in [6.07, 6.45) is 1.78. The van der Waals surface area contributed by atoms with Crippen LogP contribution in [-0.4, -0.2) is 64.8 Å². The molecule has 0 spiro atoms. The number of carboxylic acids is 1. The van der Waals surface area contributed by atoms with Gasteiger partial charge in [-0.2, -0.15) is 25.8 Å². The molecule has 3 atom stereocenters. The molecule has 318 valence electrons. The van der Waals surface area contributed by atoms with E-state index in [0.717, 1.165) is 39.5 Å². The first-order valence-electron chi connectivity index (χ1n) is 20.2. The number of nitriles is 2. The summed E-state index contributed by atoms with van der Waals surface area (Å²) in [5.74, 6) is -2.87. The number of carbonyl (C=O) groups is 4. The number of hydrogen-bond acceptors (Lipinski definition) is 10. The highest BCUT2D eigenvalue weighted by atomic mass is 16.5. The van der Waals surface area contributed by atoms with Crippen molar-refractivity contribution in [3.05, 3.63) is 126 Å². The molecule has 62 heavy (non-hydrogen) atoms. The first-order chi connectivity index (χ1) is 29.9. The van der Waals surface area contributed by atoms with Gasteiger partial charge in [-0.25, -0.2) is 0 Å². The molecule has 15 heteroatoms. The molecule has 1 fully saturated rings. The molecule has 2 N–H and O–H groups in total. The van der Waals surface area contributed by atoms with Crippen molar-refractivity contribution in [1.82, 2.24) is 34.7 Å². The standard InChI is InChI=1S/C17H19N3O2.2C15H15N3O2/c1-3-22-17(21)10-9-14(12-18)15-11-16(20(2)19-15)13-7-5-4-6-8-13;1-18-13(10-5-3-2-4-6-10)9-12(17-18)11-7-8-14(19)16-15(11)20;1-18-14(11-5-3-2-4-6-11)9-13(17-18)12(10-16)7-8-15(19)20/h4-8,11,14H,3,9-10H2,1-2H3;2-6,9,11H,7-8H2,1H3,(H,16,19,20);2-6,9,12H,7-8H2,1H3,(H,19,20). The van der Waals surface area contributed by atoms with Crippen LogP contribution in [0.15, 0.2) is 109 Å². The number of piperidine rings is 1. The van der Waals surface area contributed by atoms with Crippen LogP contribution in [-0.2, 0) is 45.1 Å². The number of ether oxygens (including phenoxy) is 1. The molecular weight excluding hydrogens is 787 g/mol. The maximum absolute atomic E-state index is 11.9. The first kappa shape index (κ1) is 45.4. The lowest BCUT2D eigenvalue weighted by Gasteiger charge is -2.18. The van der Waals surface area contributed by atoms with Gasteiger partial charge in [0.05, 0.1) is 70.7 Å². The molecule has 0 radical (unpaired) electrons. The SMILES string of the molecule is CCOC(=O)CCC(C#N)c1cc(-c2ccccc2)n(C)n1.Cn1nc(C(C#N)CCC(=O)O)cc1-c1ccccc1.Cn1nc(C2CCC(=O)NC2=O)cc1-c1ccccc1. The zero-order valence-electron chi connectivity index (χ0n) is 35.1. The van der Waals surface area contributed by atoms with E-state index in [1.807, 2.05) is 130 Å². The highest BCUT2D eigenvalue weighted by Crippen LogP contribution is 2.29. The van der Waals surface area contributed by atoms with E-state index in [1.165, 1.54) is 0 Å². The van der Waals surface area contributed by atoms with E-state index < -0.39 is 17.8 Å². The molecule has 3 aromatic heterocycles. The fourth-order valence-electron chi connectivity index (χ4n) is 6.91. The number of rotatable bonds is 13. The van der Waals surface area contributed by atoms with Gasteiger partial charge in [-0.1, -0.05) is 91.0 Å². The lowest BCUT2D eigenvalue weighted by molar-refractivity contribution is -0.143. The number of amides is 2. The van der Waals surface area contributed by atoms with Crippen LogP contribution in [0, 0.1) is 22.7 Å². The molecule has 1 saturated heterocycles. The number of nitrogens with one attached hydrogen (secondary N) is 1. The molecular formula is C47H49N9O6. The largest absolute Gasteiger partial charge is 0.481 e. The summed E-state index contributed by atoms with van der Waals surface area (Å²) in [5.41, 5.74) is 7.98. The molecule has 1 aliphatic rings. The van der Waals surface area contributed by atoms with E-state index in [0.29, 0.717) is 37.3 Å². The molecule has 0 bridgehead atoms. The minimum Gasteiger partial charge on any atom is -0.481 e. The maximum atomic E-state index is 11.9. The average Bonchev–Trinajstić information content (AvgIpc) is 3.98. The summed E-state index contributed by atoms with van der Waals surface area (Å²) in [4.78, 5) is 45.1.